The average Bonchev–Trinajstić information content (AvgIpc) is 2.67. The van der Waals surface area contributed by atoms with Gasteiger partial charge in [0.2, 0.25) is 5.91 Å². The smallest absolute Gasteiger partial charge is 0.322 e. The van der Waals surface area contributed by atoms with E-state index in [1.165, 1.54) is 11.1 Å². The van der Waals surface area contributed by atoms with Crippen LogP contribution in [0, 0.1) is 28.5 Å². The molecule has 1 aromatic carbocycles. The molecule has 0 saturated carbocycles. The summed E-state index contributed by atoms with van der Waals surface area (Å²) in [7, 11) is 0. The van der Waals surface area contributed by atoms with Gasteiger partial charge in [0.15, 0.2) is 0 Å². The summed E-state index contributed by atoms with van der Waals surface area (Å²) in [6.45, 7) is 1.48. The number of hydrogen-bond acceptors (Lipinski definition) is 5. The van der Waals surface area contributed by atoms with Gasteiger partial charge in [-0.2, -0.15) is 10.5 Å². The number of amides is 3. The molecule has 2 heterocycles. The molecule has 2 aromatic rings. The maximum atomic E-state index is 14.0. The van der Waals surface area contributed by atoms with Crippen molar-refractivity contribution in [2.24, 2.45) is 0 Å². The molecule has 0 spiro atoms. The van der Waals surface area contributed by atoms with Crippen LogP contribution in [-0.2, 0) is 11.3 Å². The largest absolute Gasteiger partial charge is 0.346 e. The normalized spacial score (nSPS) is 13.6. The number of hydrogen-bond donors (Lipinski definition) is 2. The predicted octanol–water partition coefficient (Wildman–Crippen LogP) is 2.19. The van der Waals surface area contributed by atoms with Gasteiger partial charge in [-0.05, 0) is 36.8 Å². The zero-order chi connectivity index (χ0) is 20.3. The lowest BCUT2D eigenvalue weighted by Crippen LogP contribution is -2.45. The first-order chi connectivity index (χ1) is 13.4. The number of benzene rings is 1. The molecule has 1 aliphatic heterocycles. The van der Waals surface area contributed by atoms with Crippen molar-refractivity contribution in [3.63, 3.8) is 0 Å². The Labute approximate surface area is 160 Å². The van der Waals surface area contributed by atoms with Gasteiger partial charge < -0.3 is 15.5 Å². The molecule has 0 radical (unpaired) electrons. The third kappa shape index (κ3) is 3.89. The second kappa shape index (κ2) is 7.72. The van der Waals surface area contributed by atoms with E-state index in [9.17, 15) is 14.0 Å². The standard InChI is InChI=1S/C19H15FN6O2/c1-11(18-15(20)5-13(7-22)8-23-18)24-17(27)10-26-9-14-4-12(6-21)2-3-16(14)25-19(26)28/h2-5,8,11H,9-10H2,1H3,(H,24,27)(H,25,28)/t11-/m1/s1. The number of nitrogens with zero attached hydrogens (tertiary/aromatic N) is 4. The molecule has 28 heavy (non-hydrogen) atoms. The van der Waals surface area contributed by atoms with E-state index in [1.807, 2.05) is 6.07 Å². The van der Waals surface area contributed by atoms with Gasteiger partial charge >= 0.3 is 6.03 Å². The summed E-state index contributed by atoms with van der Waals surface area (Å²) in [5.41, 5.74) is 1.85. The highest BCUT2D eigenvalue weighted by Crippen LogP contribution is 2.24. The van der Waals surface area contributed by atoms with Crippen molar-refractivity contribution in [3.05, 3.63) is 58.7 Å². The highest BCUT2D eigenvalue weighted by atomic mass is 19.1. The number of nitriles is 2. The molecule has 140 valence electrons. The monoisotopic (exact) mass is 378 g/mol. The predicted molar refractivity (Wildman–Crippen MR) is 96.1 cm³/mol. The van der Waals surface area contributed by atoms with Crippen LogP contribution in [0.5, 0.6) is 0 Å². The van der Waals surface area contributed by atoms with Gasteiger partial charge in [0, 0.05) is 11.9 Å². The summed E-state index contributed by atoms with van der Waals surface area (Å²) in [6.07, 6.45) is 1.23. The first-order valence-electron chi connectivity index (χ1n) is 8.35. The summed E-state index contributed by atoms with van der Waals surface area (Å²) in [6, 6.07) is 8.57. The minimum atomic E-state index is -0.745. The highest BCUT2D eigenvalue weighted by Gasteiger charge is 2.25. The Morgan fingerprint density at radius 1 is 1.36 bits per heavy atom. The van der Waals surface area contributed by atoms with E-state index in [4.69, 9.17) is 10.5 Å². The van der Waals surface area contributed by atoms with Gasteiger partial charge in [0.25, 0.3) is 0 Å². The van der Waals surface area contributed by atoms with Crippen LogP contribution in [-0.4, -0.2) is 28.4 Å². The molecule has 1 atom stereocenters. The molecule has 0 aliphatic carbocycles. The van der Waals surface area contributed by atoms with Gasteiger partial charge in [-0.15, -0.1) is 0 Å². The molecule has 1 aliphatic rings. The molecule has 2 N–H and O–H groups in total. The fourth-order valence-electron chi connectivity index (χ4n) is 2.87. The molecular weight excluding hydrogens is 363 g/mol. The van der Waals surface area contributed by atoms with E-state index in [0.717, 1.165) is 11.6 Å². The summed E-state index contributed by atoms with van der Waals surface area (Å²) < 4.78 is 14.0. The Kier molecular flexibility index (Phi) is 5.18. The van der Waals surface area contributed by atoms with Crippen molar-refractivity contribution in [2.75, 3.05) is 11.9 Å². The maximum absolute atomic E-state index is 14.0. The summed E-state index contributed by atoms with van der Waals surface area (Å²) in [4.78, 5) is 29.7. The lowest BCUT2D eigenvalue weighted by molar-refractivity contribution is -0.122. The minimum absolute atomic E-state index is 0.000506. The van der Waals surface area contributed by atoms with Crippen LogP contribution in [0.3, 0.4) is 0 Å². The van der Waals surface area contributed by atoms with Crippen molar-refractivity contribution in [3.8, 4) is 12.1 Å². The second-order valence-corrected chi connectivity index (χ2v) is 6.26. The fourth-order valence-corrected chi connectivity index (χ4v) is 2.87. The topological polar surface area (TPSA) is 122 Å². The average molecular weight is 378 g/mol. The number of pyridine rings is 1. The first-order valence-corrected chi connectivity index (χ1v) is 8.35. The Morgan fingerprint density at radius 2 is 2.11 bits per heavy atom. The molecule has 3 rings (SSSR count). The number of aromatic nitrogens is 1. The molecular formula is C19H15FN6O2. The third-order valence-electron chi connectivity index (χ3n) is 4.25. The lowest BCUT2D eigenvalue weighted by atomic mass is 10.1. The zero-order valence-electron chi connectivity index (χ0n) is 14.9. The van der Waals surface area contributed by atoms with E-state index in [0.29, 0.717) is 11.3 Å². The third-order valence-corrected chi connectivity index (χ3v) is 4.25. The van der Waals surface area contributed by atoms with Crippen LogP contribution in [0.15, 0.2) is 30.5 Å². The van der Waals surface area contributed by atoms with E-state index in [2.05, 4.69) is 15.6 Å². The summed E-state index contributed by atoms with van der Waals surface area (Å²) >= 11 is 0. The second-order valence-electron chi connectivity index (χ2n) is 6.26. The number of fused-ring (bicyclic) bond motifs is 1. The van der Waals surface area contributed by atoms with Gasteiger partial charge in [0.1, 0.15) is 18.4 Å². The number of urea groups is 1. The summed E-state index contributed by atoms with van der Waals surface area (Å²) in [5, 5.41) is 23.0. The van der Waals surface area contributed by atoms with Crippen LogP contribution in [0.1, 0.15) is 35.3 Å². The number of halogens is 1. The Bertz CT molecular complexity index is 1040. The number of nitrogens with one attached hydrogen (secondary N) is 2. The van der Waals surface area contributed by atoms with Gasteiger partial charge in [0.05, 0.1) is 35.5 Å². The van der Waals surface area contributed by atoms with Crippen molar-refractivity contribution in [2.45, 2.75) is 19.5 Å². The van der Waals surface area contributed by atoms with Crippen LogP contribution < -0.4 is 10.6 Å². The molecule has 0 unspecified atom stereocenters. The Morgan fingerprint density at radius 3 is 2.79 bits per heavy atom. The Hall–Kier alpha value is -3.98. The molecule has 0 saturated heterocycles. The van der Waals surface area contributed by atoms with Crippen LogP contribution in [0.4, 0.5) is 14.9 Å². The van der Waals surface area contributed by atoms with Gasteiger partial charge in [-0.1, -0.05) is 0 Å². The molecule has 1 aromatic heterocycles. The molecule has 0 bridgehead atoms. The van der Waals surface area contributed by atoms with Crippen LogP contribution in [0.25, 0.3) is 0 Å². The van der Waals surface area contributed by atoms with Crippen LogP contribution >= 0.6 is 0 Å². The van der Waals surface area contributed by atoms with E-state index < -0.39 is 23.8 Å². The quantitative estimate of drug-likeness (QED) is 0.844. The fraction of sp³-hybridized carbons (Fsp3) is 0.211. The van der Waals surface area contributed by atoms with E-state index in [-0.39, 0.29) is 24.3 Å². The number of carbonyl (C=O) groups excluding carboxylic acids is 2. The van der Waals surface area contributed by atoms with Crippen molar-refractivity contribution < 1.29 is 14.0 Å². The zero-order valence-corrected chi connectivity index (χ0v) is 14.9. The molecule has 3 amide bonds. The Balaban J connectivity index is 1.67. The first kappa shape index (κ1) is 18.8. The van der Waals surface area contributed by atoms with Crippen LogP contribution in [0.2, 0.25) is 0 Å². The van der Waals surface area contributed by atoms with Gasteiger partial charge in [-0.3, -0.25) is 9.78 Å². The molecule has 9 heteroatoms. The molecule has 8 nitrogen and oxygen atoms in total. The molecule has 0 fully saturated rings. The number of carbonyl (C=O) groups is 2. The van der Waals surface area contributed by atoms with E-state index in [1.54, 1.807) is 31.2 Å². The summed E-state index contributed by atoms with van der Waals surface area (Å²) in [5.74, 6) is -1.19. The maximum Gasteiger partial charge on any atom is 0.322 e. The SMILES string of the molecule is C[C@@H](NC(=O)CN1Cc2cc(C#N)ccc2NC1=O)c1ncc(C#N)cc1F. The van der Waals surface area contributed by atoms with Crippen molar-refractivity contribution in [1.29, 1.82) is 10.5 Å². The highest BCUT2D eigenvalue weighted by molar-refractivity contribution is 5.95. The lowest BCUT2D eigenvalue weighted by Gasteiger charge is -2.29. The van der Waals surface area contributed by atoms with Crippen molar-refractivity contribution in [1.82, 2.24) is 15.2 Å². The van der Waals surface area contributed by atoms with Crippen molar-refractivity contribution >= 4 is 17.6 Å². The minimum Gasteiger partial charge on any atom is -0.346 e. The van der Waals surface area contributed by atoms with E-state index >= 15 is 0 Å². The van der Waals surface area contributed by atoms with Gasteiger partial charge in [-0.25, -0.2) is 9.18 Å². The number of rotatable bonds is 4. The number of anilines is 1.